The van der Waals surface area contributed by atoms with Crippen molar-refractivity contribution in [3.63, 3.8) is 0 Å². The predicted octanol–water partition coefficient (Wildman–Crippen LogP) is 2.41. The van der Waals surface area contributed by atoms with Crippen LogP contribution in [0.25, 0.3) is 0 Å². The molecule has 0 amide bonds. The highest BCUT2D eigenvalue weighted by atomic mass is 35.5. The summed E-state index contributed by atoms with van der Waals surface area (Å²) in [6.07, 6.45) is 2.22. The minimum absolute atomic E-state index is 0. The molecule has 106 valence electrons. The number of benzene rings is 1. The standard InChI is InChI=1S/C14H19FN2O.ClH/c15-12-3-1-2-4-13(12)17-9-14(10-18-11-17)5-7-16-8-6-14;/h1-4,16H,5-11H2;1H. The van der Waals surface area contributed by atoms with Gasteiger partial charge >= 0.3 is 0 Å². The van der Waals surface area contributed by atoms with Gasteiger partial charge < -0.3 is 15.0 Å². The third-order valence-corrected chi connectivity index (χ3v) is 4.04. The van der Waals surface area contributed by atoms with E-state index in [-0.39, 0.29) is 23.6 Å². The van der Waals surface area contributed by atoms with Gasteiger partial charge in [-0.15, -0.1) is 12.4 Å². The summed E-state index contributed by atoms with van der Waals surface area (Å²) in [7, 11) is 0. The van der Waals surface area contributed by atoms with Gasteiger partial charge in [0.05, 0.1) is 12.3 Å². The molecule has 0 atom stereocenters. The molecular weight excluding hydrogens is 267 g/mol. The number of hydrogen-bond donors (Lipinski definition) is 1. The number of nitrogens with one attached hydrogen (secondary N) is 1. The second-order valence-electron chi connectivity index (χ2n) is 5.38. The van der Waals surface area contributed by atoms with Crippen LogP contribution in [0.5, 0.6) is 0 Å². The van der Waals surface area contributed by atoms with Gasteiger partial charge in [-0.25, -0.2) is 4.39 Å². The molecule has 1 N–H and O–H groups in total. The lowest BCUT2D eigenvalue weighted by molar-refractivity contribution is -0.00817. The van der Waals surface area contributed by atoms with Crippen LogP contribution in [0.3, 0.4) is 0 Å². The fourth-order valence-corrected chi connectivity index (χ4v) is 2.99. The van der Waals surface area contributed by atoms with Crippen molar-refractivity contribution in [2.45, 2.75) is 12.8 Å². The van der Waals surface area contributed by atoms with E-state index in [9.17, 15) is 4.39 Å². The van der Waals surface area contributed by atoms with E-state index in [2.05, 4.69) is 5.32 Å². The van der Waals surface area contributed by atoms with Crippen LogP contribution in [0.1, 0.15) is 12.8 Å². The van der Waals surface area contributed by atoms with Gasteiger partial charge in [-0.2, -0.15) is 0 Å². The van der Waals surface area contributed by atoms with Crippen LogP contribution in [-0.4, -0.2) is 33.0 Å². The number of hydrogen-bond acceptors (Lipinski definition) is 3. The minimum Gasteiger partial charge on any atom is -0.360 e. The van der Waals surface area contributed by atoms with Crippen LogP contribution in [0, 0.1) is 11.2 Å². The smallest absolute Gasteiger partial charge is 0.146 e. The van der Waals surface area contributed by atoms with Crippen LogP contribution in [0.4, 0.5) is 10.1 Å². The quantitative estimate of drug-likeness (QED) is 0.858. The van der Waals surface area contributed by atoms with Crippen LogP contribution < -0.4 is 10.2 Å². The molecule has 1 aromatic rings. The third-order valence-electron chi connectivity index (χ3n) is 4.04. The number of rotatable bonds is 1. The lowest BCUT2D eigenvalue weighted by Gasteiger charge is -2.45. The number of anilines is 1. The van der Waals surface area contributed by atoms with Crippen molar-refractivity contribution in [3.05, 3.63) is 30.1 Å². The van der Waals surface area contributed by atoms with Crippen molar-refractivity contribution in [1.29, 1.82) is 0 Å². The van der Waals surface area contributed by atoms with E-state index >= 15 is 0 Å². The molecule has 0 radical (unpaired) electrons. The van der Waals surface area contributed by atoms with Crippen LogP contribution in [0.15, 0.2) is 24.3 Å². The molecule has 1 aromatic carbocycles. The van der Waals surface area contributed by atoms with Gasteiger partial charge in [-0.1, -0.05) is 12.1 Å². The van der Waals surface area contributed by atoms with Gasteiger partial charge in [0.1, 0.15) is 12.5 Å². The van der Waals surface area contributed by atoms with E-state index < -0.39 is 0 Å². The van der Waals surface area contributed by atoms with E-state index in [1.54, 1.807) is 6.07 Å². The predicted molar refractivity (Wildman–Crippen MR) is 76.3 cm³/mol. The highest BCUT2D eigenvalue weighted by Crippen LogP contribution is 2.35. The van der Waals surface area contributed by atoms with Gasteiger partial charge in [-0.3, -0.25) is 0 Å². The molecule has 0 aliphatic carbocycles. The van der Waals surface area contributed by atoms with Crippen molar-refractivity contribution in [2.24, 2.45) is 5.41 Å². The average Bonchev–Trinajstić information content (AvgIpc) is 2.40. The number of halogens is 2. The van der Waals surface area contributed by atoms with E-state index in [0.29, 0.717) is 12.4 Å². The first-order chi connectivity index (χ1) is 8.79. The lowest BCUT2D eigenvalue weighted by atomic mass is 9.78. The molecule has 2 saturated heterocycles. The van der Waals surface area contributed by atoms with Gasteiger partial charge in [0.2, 0.25) is 0 Å². The first-order valence-corrected chi connectivity index (χ1v) is 6.57. The summed E-state index contributed by atoms with van der Waals surface area (Å²) in [5, 5.41) is 3.37. The molecule has 0 unspecified atom stereocenters. The van der Waals surface area contributed by atoms with Crippen molar-refractivity contribution >= 4 is 18.1 Å². The topological polar surface area (TPSA) is 24.5 Å². The van der Waals surface area contributed by atoms with Crippen molar-refractivity contribution in [3.8, 4) is 0 Å². The molecule has 19 heavy (non-hydrogen) atoms. The molecule has 1 spiro atoms. The van der Waals surface area contributed by atoms with Gasteiger partial charge in [0, 0.05) is 12.0 Å². The first-order valence-electron chi connectivity index (χ1n) is 6.57. The fraction of sp³-hybridized carbons (Fsp3) is 0.571. The van der Waals surface area contributed by atoms with Crippen LogP contribution in [0.2, 0.25) is 0 Å². The molecule has 0 saturated carbocycles. The zero-order chi connectivity index (χ0) is 12.4. The van der Waals surface area contributed by atoms with Crippen LogP contribution >= 0.6 is 12.4 Å². The third kappa shape index (κ3) is 3.02. The molecule has 0 bridgehead atoms. The largest absolute Gasteiger partial charge is 0.360 e. The minimum atomic E-state index is -0.160. The molecule has 3 rings (SSSR count). The Morgan fingerprint density at radius 3 is 2.68 bits per heavy atom. The van der Waals surface area contributed by atoms with Gasteiger partial charge in [0.15, 0.2) is 0 Å². The molecule has 2 heterocycles. The summed E-state index contributed by atoms with van der Waals surface area (Å²) in [5.41, 5.74) is 0.862. The Bertz CT molecular complexity index is 418. The fourth-order valence-electron chi connectivity index (χ4n) is 2.99. The maximum Gasteiger partial charge on any atom is 0.146 e. The summed E-state index contributed by atoms with van der Waals surface area (Å²) in [6, 6.07) is 6.95. The Balaban J connectivity index is 0.00000133. The average molecular weight is 287 g/mol. The molecule has 2 fully saturated rings. The lowest BCUT2D eigenvalue weighted by Crippen LogP contribution is -2.52. The number of para-hydroxylation sites is 1. The molecule has 0 aromatic heterocycles. The Morgan fingerprint density at radius 2 is 1.95 bits per heavy atom. The summed E-state index contributed by atoms with van der Waals surface area (Å²) in [4.78, 5) is 2.03. The van der Waals surface area contributed by atoms with Crippen LogP contribution in [-0.2, 0) is 4.74 Å². The Morgan fingerprint density at radius 1 is 1.21 bits per heavy atom. The Labute approximate surface area is 119 Å². The van der Waals surface area contributed by atoms with E-state index in [1.165, 1.54) is 6.07 Å². The van der Waals surface area contributed by atoms with E-state index in [1.807, 2.05) is 17.0 Å². The second kappa shape index (κ2) is 6.07. The highest BCUT2D eigenvalue weighted by Gasteiger charge is 2.37. The van der Waals surface area contributed by atoms with E-state index in [0.717, 1.165) is 39.1 Å². The number of nitrogens with zero attached hydrogens (tertiary/aromatic N) is 1. The maximum atomic E-state index is 13.8. The molecular formula is C14H20ClFN2O. The summed E-state index contributed by atoms with van der Waals surface area (Å²) in [6.45, 7) is 4.27. The normalized spacial score (nSPS) is 22.1. The van der Waals surface area contributed by atoms with Gasteiger partial charge in [-0.05, 0) is 38.1 Å². The number of piperidine rings is 1. The summed E-state index contributed by atoms with van der Waals surface area (Å²) >= 11 is 0. The zero-order valence-corrected chi connectivity index (χ0v) is 11.7. The Kier molecular flexibility index (Phi) is 4.66. The molecule has 2 aliphatic heterocycles. The van der Waals surface area contributed by atoms with Gasteiger partial charge in [0.25, 0.3) is 0 Å². The molecule has 5 heteroatoms. The van der Waals surface area contributed by atoms with E-state index in [4.69, 9.17) is 4.74 Å². The maximum absolute atomic E-state index is 13.8. The van der Waals surface area contributed by atoms with Crippen molar-refractivity contribution in [2.75, 3.05) is 37.9 Å². The Hall–Kier alpha value is -0.840. The summed E-state index contributed by atoms with van der Waals surface area (Å²) < 4.78 is 19.5. The zero-order valence-electron chi connectivity index (χ0n) is 10.9. The molecule has 2 aliphatic rings. The van der Waals surface area contributed by atoms with Crippen molar-refractivity contribution in [1.82, 2.24) is 5.32 Å². The highest BCUT2D eigenvalue weighted by molar-refractivity contribution is 5.85. The SMILES string of the molecule is Cl.Fc1ccccc1N1COCC2(CCNCC2)C1. The monoisotopic (exact) mass is 286 g/mol. The first kappa shape index (κ1) is 14.6. The van der Waals surface area contributed by atoms with Crippen molar-refractivity contribution < 1.29 is 9.13 Å². The second-order valence-corrected chi connectivity index (χ2v) is 5.38. The molecule has 3 nitrogen and oxygen atoms in total. The summed E-state index contributed by atoms with van der Waals surface area (Å²) in [5.74, 6) is -0.160. The number of ether oxygens (including phenoxy) is 1.